The number of thioether (sulfide) groups is 1. The summed E-state index contributed by atoms with van der Waals surface area (Å²) in [6.07, 6.45) is -2.84. The number of carbonyl (C=O) groups excluding carboxylic acids is 1. The highest BCUT2D eigenvalue weighted by molar-refractivity contribution is 7.99. The fourth-order valence-electron chi connectivity index (χ4n) is 1.81. The fourth-order valence-corrected chi connectivity index (χ4v) is 2.61. The van der Waals surface area contributed by atoms with E-state index in [0.717, 1.165) is 30.7 Å². The number of anilines is 1. The Balaban J connectivity index is 2.25. The zero-order valence-electron chi connectivity index (χ0n) is 11.3. The lowest BCUT2D eigenvalue weighted by Gasteiger charge is -2.15. The van der Waals surface area contributed by atoms with Gasteiger partial charge in [0.2, 0.25) is 5.91 Å². The third-order valence-corrected chi connectivity index (χ3v) is 4.35. The van der Waals surface area contributed by atoms with Gasteiger partial charge in [0, 0.05) is 16.0 Å². The molecule has 1 amide bonds. The quantitative estimate of drug-likeness (QED) is 0.826. The first kappa shape index (κ1) is 15.2. The van der Waals surface area contributed by atoms with Crippen LogP contribution < -0.4 is 5.32 Å². The molecule has 20 heavy (non-hydrogen) atoms. The topological polar surface area (TPSA) is 29.1 Å². The first-order valence-corrected chi connectivity index (χ1v) is 7.40. The SMILES string of the molecule is CCSc1ccc(NC(=O)C2(C)CC2)cc1C(F)(F)F. The molecule has 0 heterocycles. The zero-order chi connectivity index (χ0) is 15.0. The molecular formula is C14H16F3NOS. The molecule has 1 saturated carbocycles. The van der Waals surface area contributed by atoms with Crippen LogP contribution in [0.4, 0.5) is 18.9 Å². The summed E-state index contributed by atoms with van der Waals surface area (Å²) in [5.41, 5.74) is -0.895. The molecule has 0 aromatic heterocycles. The molecule has 1 aromatic rings. The molecule has 0 saturated heterocycles. The smallest absolute Gasteiger partial charge is 0.326 e. The van der Waals surface area contributed by atoms with Gasteiger partial charge in [0.05, 0.1) is 5.56 Å². The summed E-state index contributed by atoms with van der Waals surface area (Å²) in [5.74, 6) is 0.355. The molecule has 2 rings (SSSR count). The van der Waals surface area contributed by atoms with Gasteiger partial charge in [-0.25, -0.2) is 0 Å². The maximum absolute atomic E-state index is 13.0. The van der Waals surface area contributed by atoms with Crippen LogP contribution in [0, 0.1) is 5.41 Å². The molecule has 0 radical (unpaired) electrons. The van der Waals surface area contributed by atoms with Crippen molar-refractivity contribution >= 4 is 23.4 Å². The van der Waals surface area contributed by atoms with E-state index >= 15 is 0 Å². The second kappa shape index (κ2) is 5.31. The number of rotatable bonds is 4. The lowest BCUT2D eigenvalue weighted by molar-refractivity contribution is -0.139. The third kappa shape index (κ3) is 3.29. The average molecular weight is 303 g/mol. The van der Waals surface area contributed by atoms with Gasteiger partial charge in [-0.3, -0.25) is 4.79 Å². The Labute approximate surface area is 120 Å². The first-order chi connectivity index (χ1) is 9.26. The molecular weight excluding hydrogens is 287 g/mol. The van der Waals surface area contributed by atoms with Gasteiger partial charge in [-0.05, 0) is 36.8 Å². The minimum atomic E-state index is -4.41. The number of alkyl halides is 3. The van der Waals surface area contributed by atoms with Gasteiger partial charge in [0.1, 0.15) is 0 Å². The molecule has 6 heteroatoms. The Morgan fingerprint density at radius 3 is 2.55 bits per heavy atom. The predicted octanol–water partition coefficient (Wildman–Crippen LogP) is 4.56. The standard InChI is InChI=1S/C14H16F3NOS/c1-3-20-11-5-4-9(8-10(11)14(15,16)17)18-12(19)13(2)6-7-13/h4-5,8H,3,6-7H2,1-2H3,(H,18,19). The molecule has 1 N–H and O–H groups in total. The molecule has 1 aliphatic rings. The molecule has 0 aliphatic heterocycles. The minimum absolute atomic E-state index is 0.190. The van der Waals surface area contributed by atoms with Crippen LogP contribution in [0.5, 0.6) is 0 Å². The first-order valence-electron chi connectivity index (χ1n) is 6.42. The minimum Gasteiger partial charge on any atom is -0.326 e. The number of carbonyl (C=O) groups is 1. The van der Waals surface area contributed by atoms with Crippen molar-refractivity contribution in [3.63, 3.8) is 0 Å². The van der Waals surface area contributed by atoms with Gasteiger partial charge in [-0.15, -0.1) is 11.8 Å². The number of nitrogens with one attached hydrogen (secondary N) is 1. The second-order valence-electron chi connectivity index (χ2n) is 5.16. The Morgan fingerprint density at radius 2 is 2.05 bits per heavy atom. The Morgan fingerprint density at radius 1 is 1.40 bits per heavy atom. The maximum atomic E-state index is 13.0. The monoisotopic (exact) mass is 303 g/mol. The Kier molecular flexibility index (Phi) is 4.04. The molecule has 0 spiro atoms. The summed E-state index contributed by atoms with van der Waals surface area (Å²) < 4.78 is 39.0. The van der Waals surface area contributed by atoms with Gasteiger partial charge in [0.15, 0.2) is 0 Å². The van der Waals surface area contributed by atoms with Crippen LogP contribution in [0.15, 0.2) is 23.1 Å². The van der Waals surface area contributed by atoms with Crippen LogP contribution in [0.25, 0.3) is 0 Å². The van der Waals surface area contributed by atoms with E-state index in [1.165, 1.54) is 12.1 Å². The van der Waals surface area contributed by atoms with Crippen LogP contribution in [-0.4, -0.2) is 11.7 Å². The van der Waals surface area contributed by atoms with Crippen molar-refractivity contribution in [3.8, 4) is 0 Å². The Bertz CT molecular complexity index is 524. The molecule has 2 nitrogen and oxygen atoms in total. The molecule has 0 unspecified atom stereocenters. The van der Waals surface area contributed by atoms with Crippen LogP contribution in [0.3, 0.4) is 0 Å². The van der Waals surface area contributed by atoms with E-state index in [9.17, 15) is 18.0 Å². The highest BCUT2D eigenvalue weighted by Crippen LogP contribution is 2.46. The fraction of sp³-hybridized carbons (Fsp3) is 0.500. The summed E-state index contributed by atoms with van der Waals surface area (Å²) in [6.45, 7) is 3.61. The molecule has 0 bridgehead atoms. The maximum Gasteiger partial charge on any atom is 0.417 e. The summed E-state index contributed by atoms with van der Waals surface area (Å²) in [7, 11) is 0. The van der Waals surface area contributed by atoms with Gasteiger partial charge >= 0.3 is 6.18 Å². The van der Waals surface area contributed by atoms with Crippen molar-refractivity contribution in [2.24, 2.45) is 5.41 Å². The largest absolute Gasteiger partial charge is 0.417 e. The van der Waals surface area contributed by atoms with E-state index in [-0.39, 0.29) is 16.5 Å². The van der Waals surface area contributed by atoms with Crippen molar-refractivity contribution < 1.29 is 18.0 Å². The summed E-state index contributed by atoms with van der Waals surface area (Å²) in [6, 6.07) is 3.96. The van der Waals surface area contributed by atoms with Crippen LogP contribution in [0.1, 0.15) is 32.3 Å². The number of amides is 1. The van der Waals surface area contributed by atoms with Gasteiger partial charge in [-0.2, -0.15) is 13.2 Å². The predicted molar refractivity (Wildman–Crippen MR) is 73.8 cm³/mol. The van der Waals surface area contributed by atoms with Gasteiger partial charge in [-0.1, -0.05) is 13.8 Å². The normalized spacial score (nSPS) is 16.9. The lowest BCUT2D eigenvalue weighted by atomic mass is 10.1. The van der Waals surface area contributed by atoms with Crippen LogP contribution >= 0.6 is 11.8 Å². The number of hydrogen-bond acceptors (Lipinski definition) is 2. The molecule has 110 valence electrons. The van der Waals surface area contributed by atoms with Crippen molar-refractivity contribution in [3.05, 3.63) is 23.8 Å². The van der Waals surface area contributed by atoms with E-state index < -0.39 is 17.2 Å². The second-order valence-corrected chi connectivity index (χ2v) is 6.46. The van der Waals surface area contributed by atoms with Gasteiger partial charge in [0.25, 0.3) is 0 Å². The van der Waals surface area contributed by atoms with E-state index in [0.29, 0.717) is 5.75 Å². The van der Waals surface area contributed by atoms with Crippen molar-refractivity contribution in [1.82, 2.24) is 0 Å². The summed E-state index contributed by atoms with van der Waals surface area (Å²) in [4.78, 5) is 12.1. The Hall–Kier alpha value is -1.17. The molecule has 1 aliphatic carbocycles. The number of halogens is 3. The van der Waals surface area contributed by atoms with E-state index in [1.807, 2.05) is 6.92 Å². The number of hydrogen-bond donors (Lipinski definition) is 1. The van der Waals surface area contributed by atoms with Crippen LogP contribution in [0.2, 0.25) is 0 Å². The molecule has 1 fully saturated rings. The van der Waals surface area contributed by atoms with E-state index in [2.05, 4.69) is 5.32 Å². The van der Waals surface area contributed by atoms with E-state index in [1.54, 1.807) is 6.92 Å². The van der Waals surface area contributed by atoms with Crippen molar-refractivity contribution in [1.29, 1.82) is 0 Å². The molecule has 1 aromatic carbocycles. The van der Waals surface area contributed by atoms with E-state index in [4.69, 9.17) is 0 Å². The highest BCUT2D eigenvalue weighted by Gasteiger charge is 2.45. The average Bonchev–Trinajstić information content (AvgIpc) is 3.10. The van der Waals surface area contributed by atoms with Crippen molar-refractivity contribution in [2.75, 3.05) is 11.1 Å². The lowest BCUT2D eigenvalue weighted by Crippen LogP contribution is -2.21. The third-order valence-electron chi connectivity index (χ3n) is 3.39. The number of benzene rings is 1. The van der Waals surface area contributed by atoms with Crippen LogP contribution in [-0.2, 0) is 11.0 Å². The summed E-state index contributed by atoms with van der Waals surface area (Å²) in [5, 5.41) is 2.58. The highest BCUT2D eigenvalue weighted by atomic mass is 32.2. The van der Waals surface area contributed by atoms with Gasteiger partial charge < -0.3 is 5.32 Å². The van der Waals surface area contributed by atoms with Crippen molar-refractivity contribution in [2.45, 2.75) is 37.8 Å². The zero-order valence-corrected chi connectivity index (χ0v) is 12.1. The molecule has 0 atom stereocenters. The summed E-state index contributed by atoms with van der Waals surface area (Å²) >= 11 is 1.14.